The van der Waals surface area contributed by atoms with E-state index in [2.05, 4.69) is 65.7 Å². The summed E-state index contributed by atoms with van der Waals surface area (Å²) in [5, 5.41) is 12.8. The molecule has 1 aliphatic rings. The Bertz CT molecular complexity index is 1780. The van der Waals surface area contributed by atoms with E-state index in [-0.39, 0.29) is 41.9 Å². The minimum atomic E-state index is -4.47. The van der Waals surface area contributed by atoms with Gasteiger partial charge < -0.3 is 20.1 Å². The number of nitrogens with one attached hydrogen (secondary N) is 1. The van der Waals surface area contributed by atoms with Crippen molar-refractivity contribution >= 4 is 17.5 Å². The average Bonchev–Trinajstić information content (AvgIpc) is 3.07. The van der Waals surface area contributed by atoms with E-state index in [4.69, 9.17) is 4.74 Å². The van der Waals surface area contributed by atoms with Crippen molar-refractivity contribution in [3.63, 3.8) is 0 Å². The Morgan fingerprint density at radius 2 is 1.64 bits per heavy atom. The molecule has 0 bridgehead atoms. The van der Waals surface area contributed by atoms with Crippen LogP contribution < -0.4 is 10.1 Å². The number of fused-ring (bicyclic) bond motifs is 1. The maximum Gasteiger partial charge on any atom is 0.416 e. The highest BCUT2D eigenvalue weighted by Gasteiger charge is 2.35. The van der Waals surface area contributed by atoms with Gasteiger partial charge in [0.1, 0.15) is 6.10 Å². The van der Waals surface area contributed by atoms with E-state index >= 15 is 0 Å². The number of aliphatic hydroxyl groups excluding tert-OH is 1. The number of carbonyl (C=O) groups is 2. The molecule has 0 radical (unpaired) electrons. The highest BCUT2D eigenvalue weighted by Crippen LogP contribution is 2.35. The first-order chi connectivity index (χ1) is 23.8. The molecule has 0 fully saturated rings. The summed E-state index contributed by atoms with van der Waals surface area (Å²) in [6, 6.07) is 26.0. The molecule has 264 valence electrons. The number of aryl methyl sites for hydroxylation is 1. The molecule has 5 rings (SSSR count). The van der Waals surface area contributed by atoms with Gasteiger partial charge in [-0.2, -0.15) is 13.2 Å². The van der Waals surface area contributed by atoms with Crippen molar-refractivity contribution in [3.8, 4) is 5.75 Å². The van der Waals surface area contributed by atoms with Gasteiger partial charge in [-0.1, -0.05) is 79.2 Å². The number of ether oxygens (including phenoxy) is 1. The fraction of sp³-hybridized carbons (Fsp3) is 0.350. The third-order valence-corrected chi connectivity index (χ3v) is 9.07. The number of alkyl halides is 3. The normalized spacial score (nSPS) is 17.1. The van der Waals surface area contributed by atoms with Gasteiger partial charge in [0, 0.05) is 25.6 Å². The molecule has 2 N–H and O–H groups in total. The zero-order valence-corrected chi connectivity index (χ0v) is 28.8. The van der Waals surface area contributed by atoms with Crippen molar-refractivity contribution < 1.29 is 32.6 Å². The van der Waals surface area contributed by atoms with Crippen LogP contribution in [0.3, 0.4) is 0 Å². The van der Waals surface area contributed by atoms with Crippen molar-refractivity contribution in [2.24, 2.45) is 5.92 Å². The third kappa shape index (κ3) is 9.31. The van der Waals surface area contributed by atoms with Gasteiger partial charge in [-0.15, -0.1) is 0 Å². The third-order valence-electron chi connectivity index (χ3n) is 9.07. The predicted octanol–water partition coefficient (Wildman–Crippen LogP) is 7.14. The molecule has 1 unspecified atom stereocenters. The molecule has 2 amide bonds. The molecule has 0 saturated heterocycles. The summed E-state index contributed by atoms with van der Waals surface area (Å²) in [5.41, 5.74) is 5.03. The van der Waals surface area contributed by atoms with E-state index in [1.165, 1.54) is 28.8 Å². The standard InChI is InChI=1S/C40H44F3N3O4/c1-26-7-5-8-32(19-26)20-29-11-13-31(14-12-29)23-45(4)24-36-27(2)22-46(28(3)25-47)39(49)34-9-6-10-35(38(34)50-36)44-37(48)21-30-15-17-33(18-16-30)40(41,42)43/h5-19,27-28,36,47H,20-25H2,1-4H3,(H,44,48)/t27-,28?,36-/m1/s1. The fourth-order valence-electron chi connectivity index (χ4n) is 6.25. The molecular weight excluding hydrogens is 643 g/mol. The van der Waals surface area contributed by atoms with Crippen LogP contribution in [0.15, 0.2) is 91.0 Å². The quantitative estimate of drug-likeness (QED) is 0.175. The van der Waals surface area contributed by atoms with E-state index in [1.807, 2.05) is 14.0 Å². The summed E-state index contributed by atoms with van der Waals surface area (Å²) in [5.74, 6) is -0.718. The lowest BCUT2D eigenvalue weighted by Crippen LogP contribution is -2.49. The van der Waals surface area contributed by atoms with Gasteiger partial charge in [0.15, 0.2) is 5.75 Å². The first kappa shape index (κ1) is 36.6. The number of para-hydroxylation sites is 1. The molecule has 10 heteroatoms. The van der Waals surface area contributed by atoms with Crippen LogP contribution in [0.4, 0.5) is 18.9 Å². The van der Waals surface area contributed by atoms with Crippen LogP contribution in [0.5, 0.6) is 5.75 Å². The van der Waals surface area contributed by atoms with Gasteiger partial charge in [0.2, 0.25) is 5.91 Å². The number of hydrogen-bond donors (Lipinski definition) is 2. The summed E-state index contributed by atoms with van der Waals surface area (Å²) < 4.78 is 45.7. The smallest absolute Gasteiger partial charge is 0.416 e. The highest BCUT2D eigenvalue weighted by atomic mass is 19.4. The molecule has 4 aromatic carbocycles. The Morgan fingerprint density at radius 3 is 2.30 bits per heavy atom. The molecule has 0 aliphatic carbocycles. The van der Waals surface area contributed by atoms with E-state index < -0.39 is 29.8 Å². The number of rotatable bonds is 11. The average molecular weight is 688 g/mol. The van der Waals surface area contributed by atoms with Crippen molar-refractivity contribution in [1.29, 1.82) is 0 Å². The topological polar surface area (TPSA) is 82.1 Å². The Hall–Kier alpha value is -4.67. The first-order valence-electron chi connectivity index (χ1n) is 16.8. The van der Waals surface area contributed by atoms with Crippen molar-refractivity contribution in [1.82, 2.24) is 9.80 Å². The van der Waals surface area contributed by atoms with E-state index in [0.717, 1.165) is 24.1 Å². The Morgan fingerprint density at radius 1 is 0.980 bits per heavy atom. The van der Waals surface area contributed by atoms with Gasteiger partial charge >= 0.3 is 6.18 Å². The van der Waals surface area contributed by atoms with Crippen molar-refractivity contribution in [3.05, 3.63) is 130 Å². The molecule has 4 aromatic rings. The van der Waals surface area contributed by atoms with Crippen molar-refractivity contribution in [2.45, 2.75) is 58.5 Å². The lowest BCUT2D eigenvalue weighted by atomic mass is 9.98. The summed E-state index contributed by atoms with van der Waals surface area (Å²) in [7, 11) is 2.01. The maximum atomic E-state index is 13.8. The molecule has 0 spiro atoms. The number of hydrogen-bond acceptors (Lipinski definition) is 5. The summed E-state index contributed by atoms with van der Waals surface area (Å²) in [6.07, 6.45) is -4.18. The Kier molecular flexibility index (Phi) is 11.6. The number of aliphatic hydroxyl groups is 1. The number of amides is 2. The number of benzene rings is 4. The number of halogens is 3. The van der Waals surface area contributed by atoms with Crippen LogP contribution >= 0.6 is 0 Å². The van der Waals surface area contributed by atoms with Crippen LogP contribution in [0.2, 0.25) is 0 Å². The number of nitrogens with zero attached hydrogens (tertiary/aromatic N) is 2. The number of anilines is 1. The lowest BCUT2D eigenvalue weighted by molar-refractivity contribution is -0.137. The van der Waals surface area contributed by atoms with Crippen LogP contribution in [0.1, 0.15) is 57.6 Å². The number of carbonyl (C=O) groups excluding carboxylic acids is 2. The molecule has 0 aromatic heterocycles. The molecule has 50 heavy (non-hydrogen) atoms. The SMILES string of the molecule is Cc1cccc(Cc2ccc(CN(C)C[C@H]3Oc4c(NC(=O)Cc5ccc(C(F)(F)F)cc5)cccc4C(=O)N(C(C)CO)C[C@H]3C)cc2)c1. The summed E-state index contributed by atoms with van der Waals surface area (Å²) in [6.45, 7) is 7.18. The monoisotopic (exact) mass is 687 g/mol. The summed E-state index contributed by atoms with van der Waals surface area (Å²) in [4.78, 5) is 30.8. The lowest BCUT2D eigenvalue weighted by Gasteiger charge is -2.38. The molecular formula is C40H44F3N3O4. The highest BCUT2D eigenvalue weighted by molar-refractivity contribution is 6.02. The van der Waals surface area contributed by atoms with Crippen LogP contribution in [0.25, 0.3) is 0 Å². The van der Waals surface area contributed by atoms with Crippen LogP contribution in [-0.4, -0.2) is 65.6 Å². The number of likely N-dealkylation sites (N-methyl/N-ethyl adjacent to an activating group) is 1. The first-order valence-corrected chi connectivity index (χ1v) is 16.8. The van der Waals surface area contributed by atoms with Crippen LogP contribution in [-0.2, 0) is 30.4 Å². The zero-order chi connectivity index (χ0) is 36.0. The Labute approximate surface area is 291 Å². The second-order valence-electron chi connectivity index (χ2n) is 13.4. The van der Waals surface area contributed by atoms with Gasteiger partial charge in [-0.05, 0) is 73.8 Å². The minimum absolute atomic E-state index is 0.142. The molecule has 0 saturated carbocycles. The second-order valence-corrected chi connectivity index (χ2v) is 13.4. The van der Waals surface area contributed by atoms with Gasteiger partial charge in [-0.25, -0.2) is 0 Å². The van der Waals surface area contributed by atoms with Crippen LogP contribution in [0, 0.1) is 12.8 Å². The van der Waals surface area contributed by atoms with Gasteiger partial charge in [0.25, 0.3) is 5.91 Å². The largest absolute Gasteiger partial charge is 0.486 e. The predicted molar refractivity (Wildman–Crippen MR) is 188 cm³/mol. The second kappa shape index (κ2) is 15.9. The van der Waals surface area contributed by atoms with E-state index in [9.17, 15) is 27.9 Å². The van der Waals surface area contributed by atoms with Gasteiger partial charge in [0.05, 0.1) is 35.9 Å². The molecule has 1 heterocycles. The fourth-order valence-corrected chi connectivity index (χ4v) is 6.25. The van der Waals surface area contributed by atoms with Gasteiger partial charge in [-0.3, -0.25) is 14.5 Å². The van der Waals surface area contributed by atoms with Crippen molar-refractivity contribution in [2.75, 3.05) is 32.1 Å². The summed E-state index contributed by atoms with van der Waals surface area (Å²) >= 11 is 0. The minimum Gasteiger partial charge on any atom is -0.486 e. The molecule has 7 nitrogen and oxygen atoms in total. The van der Waals surface area contributed by atoms with E-state index in [1.54, 1.807) is 30.0 Å². The van der Waals surface area contributed by atoms with E-state index in [0.29, 0.717) is 25.2 Å². The zero-order valence-electron chi connectivity index (χ0n) is 28.8. The molecule has 1 aliphatic heterocycles. The molecule has 3 atom stereocenters. The maximum absolute atomic E-state index is 13.8. The Balaban J connectivity index is 1.33.